The molecule has 0 aliphatic heterocycles. The van der Waals surface area contributed by atoms with Gasteiger partial charge < -0.3 is 10.1 Å². The van der Waals surface area contributed by atoms with Crippen molar-refractivity contribution >= 4 is 0 Å². The number of ether oxygens (including phenoxy) is 1. The molecule has 0 amide bonds. The Morgan fingerprint density at radius 3 is 2.68 bits per heavy atom. The molecule has 1 rings (SSSR count). The topological polar surface area (TPSA) is 47.0 Å². The number of hydrogen-bond acceptors (Lipinski definition) is 4. The molecule has 1 N–H and O–H groups in total. The van der Waals surface area contributed by atoms with Gasteiger partial charge in [0.2, 0.25) is 5.88 Å². The lowest BCUT2D eigenvalue weighted by Gasteiger charge is -2.19. The summed E-state index contributed by atoms with van der Waals surface area (Å²) in [7, 11) is 0. The van der Waals surface area contributed by atoms with Crippen molar-refractivity contribution in [2.75, 3.05) is 13.2 Å². The number of nitrogens with one attached hydrogen (secondary N) is 1. The van der Waals surface area contributed by atoms with E-state index in [1.807, 2.05) is 6.07 Å². The molecule has 19 heavy (non-hydrogen) atoms. The molecule has 0 saturated carbocycles. The highest BCUT2D eigenvalue weighted by Crippen LogP contribution is 2.13. The third-order valence-electron chi connectivity index (χ3n) is 2.86. The molecule has 4 nitrogen and oxygen atoms in total. The Hall–Kier alpha value is -1.16. The van der Waals surface area contributed by atoms with Crippen LogP contribution in [0.2, 0.25) is 0 Å². The average Bonchev–Trinajstić information content (AvgIpc) is 2.36. The third kappa shape index (κ3) is 6.53. The van der Waals surface area contributed by atoms with Crippen molar-refractivity contribution in [1.82, 2.24) is 15.3 Å². The minimum Gasteiger partial charge on any atom is -0.478 e. The van der Waals surface area contributed by atoms with Crippen molar-refractivity contribution < 1.29 is 4.74 Å². The predicted molar refractivity (Wildman–Crippen MR) is 78.4 cm³/mol. The zero-order valence-electron chi connectivity index (χ0n) is 12.6. The van der Waals surface area contributed by atoms with E-state index < -0.39 is 0 Å². The third-order valence-corrected chi connectivity index (χ3v) is 2.86. The van der Waals surface area contributed by atoms with Crippen molar-refractivity contribution in [1.29, 1.82) is 0 Å². The van der Waals surface area contributed by atoms with E-state index in [2.05, 4.69) is 43.0 Å². The molecule has 1 aromatic rings. The summed E-state index contributed by atoms with van der Waals surface area (Å²) >= 11 is 0. The second-order valence-corrected chi connectivity index (χ2v) is 5.28. The van der Waals surface area contributed by atoms with Gasteiger partial charge in [-0.1, -0.05) is 27.7 Å². The summed E-state index contributed by atoms with van der Waals surface area (Å²) in [5.41, 5.74) is 1.05. The van der Waals surface area contributed by atoms with E-state index in [0.717, 1.165) is 31.5 Å². The first kappa shape index (κ1) is 15.9. The molecular weight excluding hydrogens is 238 g/mol. The van der Waals surface area contributed by atoms with E-state index in [1.165, 1.54) is 0 Å². The SMILES string of the molecule is CCCOc1cc(CC(CC(C)C)NCC)ncn1. The van der Waals surface area contributed by atoms with Gasteiger partial charge >= 0.3 is 0 Å². The van der Waals surface area contributed by atoms with Crippen molar-refractivity contribution in [3.8, 4) is 5.88 Å². The Kier molecular flexibility index (Phi) is 7.41. The monoisotopic (exact) mass is 265 g/mol. The van der Waals surface area contributed by atoms with Crippen LogP contribution >= 0.6 is 0 Å². The minimum atomic E-state index is 0.471. The van der Waals surface area contributed by atoms with Gasteiger partial charge in [0.1, 0.15) is 6.33 Å². The number of rotatable bonds is 9. The normalized spacial score (nSPS) is 12.7. The smallest absolute Gasteiger partial charge is 0.216 e. The summed E-state index contributed by atoms with van der Waals surface area (Å²) in [6.45, 7) is 10.4. The van der Waals surface area contributed by atoms with Gasteiger partial charge in [0.15, 0.2) is 0 Å². The predicted octanol–water partition coefficient (Wildman–Crippen LogP) is 2.83. The number of nitrogens with zero attached hydrogens (tertiary/aromatic N) is 2. The second kappa shape index (κ2) is 8.86. The van der Waals surface area contributed by atoms with Gasteiger partial charge in [0.05, 0.1) is 6.61 Å². The fourth-order valence-corrected chi connectivity index (χ4v) is 2.12. The summed E-state index contributed by atoms with van der Waals surface area (Å²) in [5.74, 6) is 1.37. The molecule has 1 unspecified atom stereocenters. The van der Waals surface area contributed by atoms with Gasteiger partial charge in [-0.2, -0.15) is 0 Å². The van der Waals surface area contributed by atoms with Crippen LogP contribution in [0, 0.1) is 5.92 Å². The molecule has 0 spiro atoms. The van der Waals surface area contributed by atoms with E-state index in [4.69, 9.17) is 4.74 Å². The maximum absolute atomic E-state index is 5.55. The molecule has 0 saturated heterocycles. The summed E-state index contributed by atoms with van der Waals surface area (Å²) in [6.07, 6.45) is 4.67. The van der Waals surface area contributed by atoms with Gasteiger partial charge in [0.25, 0.3) is 0 Å². The summed E-state index contributed by atoms with van der Waals surface area (Å²) < 4.78 is 5.55. The molecule has 108 valence electrons. The highest BCUT2D eigenvalue weighted by molar-refractivity contribution is 5.14. The molecule has 0 fully saturated rings. The van der Waals surface area contributed by atoms with Crippen molar-refractivity contribution in [2.24, 2.45) is 5.92 Å². The van der Waals surface area contributed by atoms with Crippen molar-refractivity contribution in [3.05, 3.63) is 18.1 Å². The van der Waals surface area contributed by atoms with Crippen LogP contribution in [-0.2, 0) is 6.42 Å². The van der Waals surface area contributed by atoms with Gasteiger partial charge in [-0.25, -0.2) is 9.97 Å². The number of hydrogen-bond donors (Lipinski definition) is 1. The number of aromatic nitrogens is 2. The first-order chi connectivity index (χ1) is 9.15. The van der Waals surface area contributed by atoms with Crippen LogP contribution in [-0.4, -0.2) is 29.2 Å². The van der Waals surface area contributed by atoms with Crippen LogP contribution in [0.1, 0.15) is 46.2 Å². The first-order valence-electron chi connectivity index (χ1n) is 7.32. The Balaban J connectivity index is 2.61. The highest BCUT2D eigenvalue weighted by atomic mass is 16.5. The van der Waals surface area contributed by atoms with Gasteiger partial charge in [-0.3, -0.25) is 0 Å². The first-order valence-corrected chi connectivity index (χ1v) is 7.32. The lowest BCUT2D eigenvalue weighted by Crippen LogP contribution is -2.32. The molecule has 0 aliphatic carbocycles. The lowest BCUT2D eigenvalue weighted by atomic mass is 9.99. The van der Waals surface area contributed by atoms with E-state index >= 15 is 0 Å². The Morgan fingerprint density at radius 2 is 2.05 bits per heavy atom. The van der Waals surface area contributed by atoms with E-state index in [0.29, 0.717) is 24.4 Å². The molecule has 1 atom stereocenters. The quantitative estimate of drug-likeness (QED) is 0.746. The molecule has 0 aliphatic rings. The summed E-state index contributed by atoms with van der Waals surface area (Å²) in [6, 6.07) is 2.43. The van der Waals surface area contributed by atoms with Crippen LogP contribution in [0.25, 0.3) is 0 Å². The summed E-state index contributed by atoms with van der Waals surface area (Å²) in [4.78, 5) is 8.48. The van der Waals surface area contributed by atoms with Crippen molar-refractivity contribution in [3.63, 3.8) is 0 Å². The van der Waals surface area contributed by atoms with Crippen molar-refractivity contribution in [2.45, 2.75) is 53.0 Å². The average molecular weight is 265 g/mol. The number of likely N-dealkylation sites (N-methyl/N-ethyl adjacent to an activating group) is 1. The molecule has 0 bridgehead atoms. The fourth-order valence-electron chi connectivity index (χ4n) is 2.12. The standard InChI is InChI=1S/C15H27N3O/c1-5-7-19-15-10-14(17-11-18-15)9-13(16-6-2)8-12(3)4/h10-13,16H,5-9H2,1-4H3. The molecule has 1 aromatic heterocycles. The lowest BCUT2D eigenvalue weighted by molar-refractivity contribution is 0.303. The Morgan fingerprint density at radius 1 is 1.26 bits per heavy atom. The Labute approximate surface area is 117 Å². The van der Waals surface area contributed by atoms with Crippen LogP contribution in [0.4, 0.5) is 0 Å². The van der Waals surface area contributed by atoms with Crippen LogP contribution < -0.4 is 10.1 Å². The van der Waals surface area contributed by atoms with Crippen LogP contribution in [0.3, 0.4) is 0 Å². The maximum atomic E-state index is 5.55. The molecule has 1 heterocycles. The maximum Gasteiger partial charge on any atom is 0.216 e. The van der Waals surface area contributed by atoms with E-state index in [1.54, 1.807) is 6.33 Å². The minimum absolute atomic E-state index is 0.471. The van der Waals surface area contributed by atoms with Crippen LogP contribution in [0.5, 0.6) is 5.88 Å². The second-order valence-electron chi connectivity index (χ2n) is 5.28. The zero-order valence-corrected chi connectivity index (χ0v) is 12.6. The molecule has 4 heteroatoms. The molecule has 0 aromatic carbocycles. The van der Waals surface area contributed by atoms with Gasteiger partial charge in [-0.15, -0.1) is 0 Å². The molecule has 0 radical (unpaired) electrons. The van der Waals surface area contributed by atoms with E-state index in [9.17, 15) is 0 Å². The van der Waals surface area contributed by atoms with Gasteiger partial charge in [0, 0.05) is 24.2 Å². The van der Waals surface area contributed by atoms with Crippen LogP contribution in [0.15, 0.2) is 12.4 Å². The summed E-state index contributed by atoms with van der Waals surface area (Å²) in [5, 5.41) is 3.52. The highest BCUT2D eigenvalue weighted by Gasteiger charge is 2.12. The van der Waals surface area contributed by atoms with Gasteiger partial charge in [-0.05, 0) is 25.3 Å². The van der Waals surface area contributed by atoms with E-state index in [-0.39, 0.29) is 0 Å². The fraction of sp³-hybridized carbons (Fsp3) is 0.733. The zero-order chi connectivity index (χ0) is 14.1. The largest absolute Gasteiger partial charge is 0.478 e. The Bertz CT molecular complexity index is 355. The molecular formula is C15H27N3O.